The lowest BCUT2D eigenvalue weighted by Gasteiger charge is -1.81. The molecule has 0 amide bonds. The largest absolute Gasteiger partial charge is 0.417 e. The molecule has 0 aliphatic carbocycles. The van der Waals surface area contributed by atoms with Crippen LogP contribution in [0.4, 0.5) is 0 Å². The lowest BCUT2D eigenvalue weighted by molar-refractivity contribution is -0.671. The Morgan fingerprint density at radius 1 is 1.77 bits per heavy atom. The Bertz CT molecular complexity index is 327. The third kappa shape index (κ3) is 5.36. The highest BCUT2D eigenvalue weighted by Crippen LogP contribution is 1.79. The van der Waals surface area contributed by atoms with Gasteiger partial charge in [0.25, 0.3) is 0 Å². The fraction of sp³-hybridized carbons (Fsp3) is 0.375. The zero-order valence-corrected chi connectivity index (χ0v) is 7.68. The average Bonchev–Trinajstić information content (AvgIpc) is 2.54. The van der Waals surface area contributed by atoms with E-state index in [1.165, 1.54) is 6.01 Å². The summed E-state index contributed by atoms with van der Waals surface area (Å²) in [6.45, 7) is 9.02. The van der Waals surface area contributed by atoms with Crippen molar-refractivity contribution >= 4 is 6.01 Å². The van der Waals surface area contributed by atoms with E-state index in [4.69, 9.17) is 12.0 Å². The number of aromatic nitrogens is 2. The first-order valence-electron chi connectivity index (χ1n) is 3.71. The molecule has 13 heavy (non-hydrogen) atoms. The van der Waals surface area contributed by atoms with Gasteiger partial charge in [0.05, 0.1) is 13.6 Å². The van der Waals surface area contributed by atoms with E-state index >= 15 is 0 Å². The van der Waals surface area contributed by atoms with E-state index < -0.39 is 0 Å². The Kier molecular flexibility index (Phi) is 5.77. The van der Waals surface area contributed by atoms with Crippen LogP contribution in [0.2, 0.25) is 0 Å². The van der Waals surface area contributed by atoms with Gasteiger partial charge in [0.2, 0.25) is 6.33 Å². The highest BCUT2D eigenvalue weighted by molar-refractivity contribution is 5.45. The first-order valence-corrected chi connectivity index (χ1v) is 3.71. The molecule has 5 heteroatoms. The van der Waals surface area contributed by atoms with Gasteiger partial charge in [-0.1, -0.05) is 11.1 Å². The zero-order chi connectivity index (χ0) is 10.1. The Hall–Kier alpha value is -1.92. The van der Waals surface area contributed by atoms with Gasteiger partial charge in [-0.15, -0.1) is 0 Å². The maximum atomic E-state index is 7.44. The van der Waals surface area contributed by atoms with Crippen molar-refractivity contribution in [1.29, 1.82) is 0 Å². The van der Waals surface area contributed by atoms with Crippen LogP contribution in [0.1, 0.15) is 6.92 Å². The molecule has 0 aliphatic heterocycles. The first kappa shape index (κ1) is 11.1. The van der Waals surface area contributed by atoms with Crippen LogP contribution in [0.15, 0.2) is 23.8 Å². The van der Waals surface area contributed by atoms with Crippen molar-refractivity contribution in [3.63, 3.8) is 0 Å². The fourth-order valence-corrected chi connectivity index (χ4v) is 0.711. The lowest BCUT2D eigenvalue weighted by Crippen LogP contribution is -2.23. The molecule has 0 bridgehead atoms. The minimum Gasteiger partial charge on any atom is -0.417 e. The average molecular weight is 177 g/mol. The van der Waals surface area contributed by atoms with Gasteiger partial charge in [-0.25, -0.2) is 20.7 Å². The predicted octanol–water partition coefficient (Wildman–Crippen LogP) is 0.896. The molecule has 0 radical (unpaired) electrons. The van der Waals surface area contributed by atoms with E-state index in [1.807, 2.05) is 17.8 Å². The Labute approximate surface area is 77.3 Å². The van der Waals surface area contributed by atoms with E-state index in [0.717, 1.165) is 6.54 Å². The molecule has 1 aromatic heterocycles. The molecule has 0 unspecified atom stereocenters. The third-order valence-electron chi connectivity index (χ3n) is 1.28. The Morgan fingerprint density at radius 2 is 2.46 bits per heavy atom. The van der Waals surface area contributed by atoms with E-state index in [2.05, 4.69) is 34.1 Å². The molecular weight excluding hydrogens is 166 g/mol. The molecular formula is C8H11N5. The van der Waals surface area contributed by atoms with Gasteiger partial charge in [-0.05, 0) is 6.92 Å². The van der Waals surface area contributed by atoms with Crippen LogP contribution < -0.4 is 4.57 Å². The number of imidazole rings is 1. The van der Waals surface area contributed by atoms with Crippen LogP contribution >= 0.6 is 0 Å². The molecule has 68 valence electrons. The van der Waals surface area contributed by atoms with Crippen molar-refractivity contribution in [3.05, 3.63) is 35.7 Å². The van der Waals surface area contributed by atoms with E-state index in [1.54, 1.807) is 0 Å². The fourth-order valence-electron chi connectivity index (χ4n) is 0.711. The third-order valence-corrected chi connectivity index (χ3v) is 1.28. The Morgan fingerprint density at radius 3 is 2.62 bits per heavy atom. The summed E-state index contributed by atoms with van der Waals surface area (Å²) in [5.74, 6) is 0. The van der Waals surface area contributed by atoms with Gasteiger partial charge in [-0.2, -0.15) is 0 Å². The van der Waals surface area contributed by atoms with Crippen LogP contribution in [0.25, 0.3) is 10.4 Å². The van der Waals surface area contributed by atoms with Gasteiger partial charge in [0, 0.05) is 0 Å². The van der Waals surface area contributed by atoms with Gasteiger partial charge in [0.1, 0.15) is 12.4 Å². The van der Waals surface area contributed by atoms with Gasteiger partial charge >= 0.3 is 0 Å². The normalized spacial score (nSPS) is 7.46. The van der Waals surface area contributed by atoms with Crippen LogP contribution in [-0.4, -0.2) is 10.6 Å². The van der Waals surface area contributed by atoms with Gasteiger partial charge in [-0.3, -0.25) is 0 Å². The molecule has 0 aromatic carbocycles. The second-order valence-electron chi connectivity index (χ2n) is 2.21. The van der Waals surface area contributed by atoms with Crippen molar-refractivity contribution < 1.29 is 4.57 Å². The number of hydrogen-bond acceptors (Lipinski definition) is 1. The molecule has 0 atom stereocenters. The summed E-state index contributed by atoms with van der Waals surface area (Å²) in [6.07, 6.45) is 6.14. The molecule has 5 nitrogen and oxygen atoms in total. The first-order chi connectivity index (χ1) is 6.24. The summed E-state index contributed by atoms with van der Waals surface area (Å²) in [5, 5.41) is 10.0. The molecule has 1 heterocycles. The molecule has 0 fully saturated rings. The summed E-state index contributed by atoms with van der Waals surface area (Å²) >= 11 is 0. The molecule has 0 N–H and O–H groups in total. The van der Waals surface area contributed by atoms with Crippen molar-refractivity contribution in [2.45, 2.75) is 13.5 Å². The van der Waals surface area contributed by atoms with Gasteiger partial charge in [0.15, 0.2) is 0 Å². The number of aryl methyl sites for hydroxylation is 2. The minimum atomic E-state index is 1.06. The summed E-state index contributed by atoms with van der Waals surface area (Å²) in [4.78, 5) is 2.37. The second-order valence-corrected chi connectivity index (χ2v) is 2.21. The van der Waals surface area contributed by atoms with Crippen LogP contribution in [0, 0.1) is 6.57 Å². The van der Waals surface area contributed by atoms with Crippen LogP contribution in [0.5, 0.6) is 0 Å². The predicted molar refractivity (Wildman–Crippen MR) is 48.7 cm³/mol. The number of nitrogens with zero attached hydrogens (tertiary/aromatic N) is 5. The van der Waals surface area contributed by atoms with E-state index in [9.17, 15) is 0 Å². The van der Waals surface area contributed by atoms with Crippen molar-refractivity contribution in [2.75, 3.05) is 0 Å². The maximum Gasteiger partial charge on any atom is 0.243 e. The quantitative estimate of drug-likeness (QED) is 0.265. The smallest absolute Gasteiger partial charge is 0.243 e. The maximum absolute atomic E-state index is 7.44. The minimum absolute atomic E-state index is 1.06. The SMILES string of the molecule is CCn1cc[n+](C)c1.[C-]#[N+]N=C=[N-]. The van der Waals surface area contributed by atoms with Crippen molar-refractivity contribution in [1.82, 2.24) is 4.57 Å². The van der Waals surface area contributed by atoms with Gasteiger partial charge < -0.3 is 5.41 Å². The molecule has 0 spiro atoms. The summed E-state index contributed by atoms with van der Waals surface area (Å²) < 4.78 is 4.16. The van der Waals surface area contributed by atoms with Crippen LogP contribution in [-0.2, 0) is 13.6 Å². The van der Waals surface area contributed by atoms with Crippen molar-refractivity contribution in [3.8, 4) is 0 Å². The highest BCUT2D eigenvalue weighted by Gasteiger charge is 1.92. The highest BCUT2D eigenvalue weighted by atomic mass is 15.2. The number of rotatable bonds is 1. The molecule has 1 rings (SSSR count). The topological polar surface area (TPSA) is 47.8 Å². The monoisotopic (exact) mass is 177 g/mol. The summed E-state index contributed by atoms with van der Waals surface area (Å²) in [7, 11) is 2.02. The summed E-state index contributed by atoms with van der Waals surface area (Å²) in [5.41, 5.74) is 0. The van der Waals surface area contributed by atoms with E-state index in [0.29, 0.717) is 0 Å². The van der Waals surface area contributed by atoms with Crippen LogP contribution in [0.3, 0.4) is 0 Å². The number of hydrogen-bond donors (Lipinski definition) is 0. The lowest BCUT2D eigenvalue weighted by atomic mass is 10.7. The molecule has 0 aliphatic rings. The van der Waals surface area contributed by atoms with Crippen molar-refractivity contribution in [2.24, 2.45) is 12.1 Å². The van der Waals surface area contributed by atoms with E-state index in [-0.39, 0.29) is 0 Å². The summed E-state index contributed by atoms with van der Waals surface area (Å²) in [6, 6.07) is 1.29. The molecule has 0 saturated heterocycles. The second kappa shape index (κ2) is 6.77. The zero-order valence-electron chi connectivity index (χ0n) is 7.68. The molecule has 0 saturated carbocycles. The molecule has 1 aromatic rings. The Balaban J connectivity index is 0.000000252. The standard InChI is InChI=1S/C6H11N2.C2N3/c1-3-8-5-4-7(2)6-8;1-4-5-2-3/h4-6H,3H2,1-2H3;/q+1;-1.